The molecule has 0 radical (unpaired) electrons. The molecule has 1 aromatic carbocycles. The van der Waals surface area contributed by atoms with E-state index in [-0.39, 0.29) is 23.8 Å². The summed E-state index contributed by atoms with van der Waals surface area (Å²) in [6.45, 7) is 7.94. The molecule has 2 aromatic heterocycles. The normalized spacial score (nSPS) is 16.9. The first-order valence-electron chi connectivity index (χ1n) is 10.1. The van der Waals surface area contributed by atoms with Gasteiger partial charge in [-0.1, -0.05) is 32.9 Å². The average Bonchev–Trinajstić information content (AvgIpc) is 3.31. The van der Waals surface area contributed by atoms with E-state index in [0.717, 1.165) is 12.1 Å². The van der Waals surface area contributed by atoms with Gasteiger partial charge < -0.3 is 14.1 Å². The lowest BCUT2D eigenvalue weighted by Crippen LogP contribution is -2.34. The minimum absolute atomic E-state index is 0.0246. The van der Waals surface area contributed by atoms with Gasteiger partial charge in [0.25, 0.3) is 0 Å². The maximum Gasteiger partial charge on any atom is 0.420 e. The highest BCUT2D eigenvalue weighted by atomic mass is 16.5. The van der Waals surface area contributed by atoms with E-state index < -0.39 is 5.76 Å². The van der Waals surface area contributed by atoms with Gasteiger partial charge in [-0.15, -0.1) is 5.10 Å². The Kier molecular flexibility index (Phi) is 5.32. The third-order valence-corrected chi connectivity index (χ3v) is 5.38. The fraction of sp³-hybridized carbons (Fsp3) is 0.455. The zero-order chi connectivity index (χ0) is 21.3. The van der Waals surface area contributed by atoms with Crippen LogP contribution < -0.4 is 10.5 Å². The number of aromatic nitrogens is 3. The number of oxazole rings is 1. The molecule has 1 amide bonds. The van der Waals surface area contributed by atoms with Crippen molar-refractivity contribution in [1.29, 1.82) is 0 Å². The molecule has 1 fully saturated rings. The fourth-order valence-electron chi connectivity index (χ4n) is 3.59. The number of carbonyl (C=O) groups is 1. The summed E-state index contributed by atoms with van der Waals surface area (Å²) in [6.07, 6.45) is 0.847. The number of hydrogen-bond donors (Lipinski definition) is 0. The standard InChI is InChI=1S/C22H26N4O4/c1-22(2,3)18-8-9-19(24-23-18)29-14-15-10-11-25(12-15)20(27)13-26-16-6-4-5-7-17(16)30-21(26)28/h4-9,15H,10-14H2,1-3H3. The summed E-state index contributed by atoms with van der Waals surface area (Å²) in [7, 11) is 0. The third-order valence-electron chi connectivity index (χ3n) is 5.38. The first-order valence-corrected chi connectivity index (χ1v) is 10.1. The zero-order valence-electron chi connectivity index (χ0n) is 17.5. The molecular weight excluding hydrogens is 384 g/mol. The number of carbonyl (C=O) groups excluding carboxylic acids is 1. The Bertz CT molecular complexity index is 1090. The monoisotopic (exact) mass is 410 g/mol. The Balaban J connectivity index is 1.32. The maximum absolute atomic E-state index is 12.7. The molecule has 0 spiro atoms. The Morgan fingerprint density at radius 3 is 2.73 bits per heavy atom. The molecule has 1 unspecified atom stereocenters. The smallest absolute Gasteiger partial charge is 0.420 e. The van der Waals surface area contributed by atoms with Crippen LogP contribution in [0, 0.1) is 5.92 Å². The van der Waals surface area contributed by atoms with Crippen molar-refractivity contribution in [3.8, 4) is 5.88 Å². The summed E-state index contributed by atoms with van der Waals surface area (Å²) in [5.74, 6) is 0.0986. The van der Waals surface area contributed by atoms with E-state index >= 15 is 0 Å². The fourth-order valence-corrected chi connectivity index (χ4v) is 3.59. The summed E-state index contributed by atoms with van der Waals surface area (Å²) in [6, 6.07) is 10.9. The highest BCUT2D eigenvalue weighted by Crippen LogP contribution is 2.22. The SMILES string of the molecule is CC(C)(C)c1ccc(OCC2CCN(C(=O)Cn3c(=O)oc4ccccc43)C2)nn1. The molecule has 3 heterocycles. The lowest BCUT2D eigenvalue weighted by molar-refractivity contribution is -0.131. The van der Waals surface area contributed by atoms with Crippen molar-refractivity contribution in [1.82, 2.24) is 19.7 Å². The summed E-state index contributed by atoms with van der Waals surface area (Å²) in [5, 5.41) is 8.38. The topological polar surface area (TPSA) is 90.5 Å². The quantitative estimate of drug-likeness (QED) is 0.642. The molecule has 1 aliphatic rings. The van der Waals surface area contributed by atoms with Crippen molar-refractivity contribution >= 4 is 17.0 Å². The third kappa shape index (κ3) is 4.22. The van der Waals surface area contributed by atoms with Gasteiger partial charge in [-0.3, -0.25) is 9.36 Å². The number of likely N-dealkylation sites (tertiary alicyclic amines) is 1. The van der Waals surface area contributed by atoms with Gasteiger partial charge in [0.1, 0.15) is 6.54 Å². The summed E-state index contributed by atoms with van der Waals surface area (Å²) in [5.41, 5.74) is 1.98. The summed E-state index contributed by atoms with van der Waals surface area (Å²) >= 11 is 0. The lowest BCUT2D eigenvalue weighted by Gasteiger charge is -2.18. The number of amides is 1. The van der Waals surface area contributed by atoms with Crippen molar-refractivity contribution < 1.29 is 13.9 Å². The van der Waals surface area contributed by atoms with Crippen molar-refractivity contribution in [3.05, 3.63) is 52.6 Å². The summed E-state index contributed by atoms with van der Waals surface area (Å²) in [4.78, 5) is 26.6. The molecule has 8 nitrogen and oxygen atoms in total. The molecular formula is C22H26N4O4. The Labute approximate surface area is 174 Å². The highest BCUT2D eigenvalue weighted by molar-refractivity contribution is 5.79. The number of nitrogens with zero attached hydrogens (tertiary/aromatic N) is 4. The van der Waals surface area contributed by atoms with Crippen LogP contribution in [0.1, 0.15) is 32.9 Å². The molecule has 1 aliphatic heterocycles. The minimum atomic E-state index is -0.513. The van der Waals surface area contributed by atoms with Gasteiger partial charge in [-0.25, -0.2) is 4.79 Å². The van der Waals surface area contributed by atoms with Gasteiger partial charge in [0, 0.05) is 30.5 Å². The molecule has 3 aromatic rings. The van der Waals surface area contributed by atoms with Crippen LogP contribution in [-0.2, 0) is 16.8 Å². The van der Waals surface area contributed by atoms with E-state index in [1.807, 2.05) is 18.2 Å². The molecule has 1 saturated heterocycles. The Morgan fingerprint density at radius 2 is 2.00 bits per heavy atom. The molecule has 8 heteroatoms. The van der Waals surface area contributed by atoms with E-state index in [0.29, 0.717) is 36.7 Å². The second-order valence-electron chi connectivity index (χ2n) is 8.73. The van der Waals surface area contributed by atoms with Crippen LogP contribution in [0.3, 0.4) is 0 Å². The van der Waals surface area contributed by atoms with Gasteiger partial charge in [0.2, 0.25) is 11.8 Å². The van der Waals surface area contributed by atoms with Crippen LogP contribution in [0.4, 0.5) is 0 Å². The number of ether oxygens (including phenoxy) is 1. The molecule has 30 heavy (non-hydrogen) atoms. The van der Waals surface area contributed by atoms with Crippen LogP contribution >= 0.6 is 0 Å². The molecule has 4 rings (SSSR count). The largest absolute Gasteiger partial charge is 0.476 e. The molecule has 0 saturated carbocycles. The van der Waals surface area contributed by atoms with E-state index in [2.05, 4.69) is 31.0 Å². The van der Waals surface area contributed by atoms with Crippen LogP contribution in [0.5, 0.6) is 5.88 Å². The molecule has 0 aliphatic carbocycles. The van der Waals surface area contributed by atoms with E-state index in [1.165, 1.54) is 4.57 Å². The highest BCUT2D eigenvalue weighted by Gasteiger charge is 2.28. The van der Waals surface area contributed by atoms with Gasteiger partial charge in [-0.05, 0) is 24.6 Å². The van der Waals surface area contributed by atoms with E-state index in [1.54, 1.807) is 23.1 Å². The second-order valence-corrected chi connectivity index (χ2v) is 8.73. The molecule has 0 bridgehead atoms. The Hall–Kier alpha value is -3.16. The van der Waals surface area contributed by atoms with Crippen LogP contribution in [-0.4, -0.2) is 45.3 Å². The van der Waals surface area contributed by atoms with Gasteiger partial charge in [0.05, 0.1) is 17.8 Å². The Morgan fingerprint density at radius 1 is 1.20 bits per heavy atom. The summed E-state index contributed by atoms with van der Waals surface area (Å²) < 4.78 is 12.4. The number of fused-ring (bicyclic) bond motifs is 1. The zero-order valence-corrected chi connectivity index (χ0v) is 17.5. The van der Waals surface area contributed by atoms with E-state index in [4.69, 9.17) is 9.15 Å². The second kappa shape index (κ2) is 7.93. The van der Waals surface area contributed by atoms with Crippen LogP contribution in [0.25, 0.3) is 11.1 Å². The van der Waals surface area contributed by atoms with E-state index in [9.17, 15) is 9.59 Å². The van der Waals surface area contributed by atoms with Crippen molar-refractivity contribution in [2.45, 2.75) is 39.2 Å². The predicted octanol–water partition coefficient (Wildman–Crippen LogP) is 2.61. The number of hydrogen-bond acceptors (Lipinski definition) is 6. The van der Waals surface area contributed by atoms with Crippen molar-refractivity contribution in [2.24, 2.45) is 5.92 Å². The van der Waals surface area contributed by atoms with Gasteiger partial charge in [0.15, 0.2) is 5.58 Å². The van der Waals surface area contributed by atoms with Crippen molar-refractivity contribution in [2.75, 3.05) is 19.7 Å². The maximum atomic E-state index is 12.7. The first-order chi connectivity index (χ1) is 14.3. The van der Waals surface area contributed by atoms with Crippen LogP contribution in [0.15, 0.2) is 45.6 Å². The van der Waals surface area contributed by atoms with Crippen LogP contribution in [0.2, 0.25) is 0 Å². The van der Waals surface area contributed by atoms with Crippen molar-refractivity contribution in [3.63, 3.8) is 0 Å². The molecule has 158 valence electrons. The predicted molar refractivity (Wildman–Crippen MR) is 111 cm³/mol. The molecule has 0 N–H and O–H groups in total. The van der Waals surface area contributed by atoms with Gasteiger partial charge in [-0.2, -0.15) is 5.10 Å². The average molecular weight is 410 g/mol. The molecule has 1 atom stereocenters. The first kappa shape index (κ1) is 20.1. The number of benzene rings is 1. The van der Waals surface area contributed by atoms with Gasteiger partial charge >= 0.3 is 5.76 Å². The lowest BCUT2D eigenvalue weighted by atomic mass is 9.92. The minimum Gasteiger partial charge on any atom is -0.476 e. The number of para-hydroxylation sites is 2. The number of rotatable bonds is 5.